The summed E-state index contributed by atoms with van der Waals surface area (Å²) in [6.45, 7) is 15.3. The molecule has 1 atom stereocenters. The highest BCUT2D eigenvalue weighted by Crippen LogP contribution is 2.30. The van der Waals surface area contributed by atoms with Crippen LogP contribution in [0.2, 0.25) is 0 Å². The van der Waals surface area contributed by atoms with Gasteiger partial charge in [-0.25, -0.2) is 13.8 Å². The highest BCUT2D eigenvalue weighted by atomic mass is 19.4. The number of carbonyl (C=O) groups is 4. The predicted molar refractivity (Wildman–Crippen MR) is 258 cm³/mol. The SMILES string of the molecule is CC(=O)[C@H](C)CC(=O)N=O.CC(C)OC(=O)C(C)(C)N1CCC(N(Cc2ccc(-c3ccc(OC(F)(F)F)cc3)cc2)C(=O)Cn2c(CCc3cccc(F)c3F)nc(=O)c3cccnc32)CC1.CCC. The van der Waals surface area contributed by atoms with Gasteiger partial charge in [0, 0.05) is 55.8 Å². The molecule has 3 aromatic carbocycles. The number of ether oxygens (including phenoxy) is 2. The van der Waals surface area contributed by atoms with Crippen LogP contribution in [0.25, 0.3) is 22.2 Å². The topological polar surface area (TPSA) is 170 Å². The number of aryl methyl sites for hydroxylation is 2. The highest BCUT2D eigenvalue weighted by Gasteiger charge is 2.40. The van der Waals surface area contributed by atoms with E-state index in [4.69, 9.17) is 4.74 Å². The van der Waals surface area contributed by atoms with Crippen LogP contribution in [0.5, 0.6) is 5.75 Å². The van der Waals surface area contributed by atoms with Gasteiger partial charge < -0.3 is 18.9 Å². The lowest BCUT2D eigenvalue weighted by atomic mass is 9.95. The summed E-state index contributed by atoms with van der Waals surface area (Å²) in [5.41, 5.74) is 1.03. The first-order valence-corrected chi connectivity index (χ1v) is 23.3. The minimum atomic E-state index is -4.80. The number of esters is 1. The largest absolute Gasteiger partial charge is 0.573 e. The third kappa shape index (κ3) is 16.4. The van der Waals surface area contributed by atoms with Gasteiger partial charge in [0.25, 0.3) is 11.5 Å². The predicted octanol–water partition coefficient (Wildman–Crippen LogP) is 9.95. The molecule has 0 N–H and O–H groups in total. The number of halogens is 5. The molecule has 0 unspecified atom stereocenters. The summed E-state index contributed by atoms with van der Waals surface area (Å²) in [6, 6.07) is 19.6. The lowest BCUT2D eigenvalue weighted by Crippen LogP contribution is -2.57. The number of Topliss-reactive ketones (excluding diaryl/α,β-unsaturated/α-hetero) is 1. The summed E-state index contributed by atoms with van der Waals surface area (Å²) in [6.07, 6.45) is -1.33. The van der Waals surface area contributed by atoms with Crippen LogP contribution in [0.3, 0.4) is 0 Å². The van der Waals surface area contributed by atoms with Crippen molar-refractivity contribution in [1.82, 2.24) is 24.3 Å². The van der Waals surface area contributed by atoms with E-state index in [1.807, 2.05) is 43.0 Å². The summed E-state index contributed by atoms with van der Waals surface area (Å²) in [7, 11) is 0. The zero-order valence-corrected chi connectivity index (χ0v) is 41.2. The minimum Gasteiger partial charge on any atom is -0.462 e. The Labute approximate surface area is 409 Å². The van der Waals surface area contributed by atoms with Gasteiger partial charge in [-0.15, -0.1) is 18.1 Å². The number of piperidine rings is 1. The third-order valence-electron chi connectivity index (χ3n) is 11.6. The van der Waals surface area contributed by atoms with Crippen LogP contribution in [0.4, 0.5) is 22.0 Å². The van der Waals surface area contributed by atoms with Gasteiger partial charge in [0.2, 0.25) is 5.91 Å². The zero-order chi connectivity index (χ0) is 52.6. The second-order valence-corrected chi connectivity index (χ2v) is 17.9. The second kappa shape index (κ2) is 25.9. The van der Waals surface area contributed by atoms with E-state index in [1.54, 1.807) is 42.4 Å². The molecule has 6 rings (SSSR count). The van der Waals surface area contributed by atoms with Gasteiger partial charge in [-0.1, -0.05) is 75.7 Å². The third-order valence-corrected chi connectivity index (χ3v) is 11.6. The number of likely N-dealkylation sites (tertiary alicyclic amines) is 1. The normalized spacial score (nSPS) is 13.5. The van der Waals surface area contributed by atoms with Crippen molar-refractivity contribution in [2.75, 3.05) is 13.1 Å². The minimum absolute atomic E-state index is 0.00416. The molecule has 5 aromatic rings. The average Bonchev–Trinajstić information content (AvgIpc) is 3.32. The van der Waals surface area contributed by atoms with Crippen molar-refractivity contribution in [2.24, 2.45) is 11.1 Å². The number of rotatable bonds is 16. The number of benzene rings is 3. The molecular formula is C52H61F5N6O8. The molecule has 0 aliphatic carbocycles. The molecule has 3 heterocycles. The molecule has 0 radical (unpaired) electrons. The van der Waals surface area contributed by atoms with E-state index in [1.165, 1.54) is 55.9 Å². The van der Waals surface area contributed by atoms with Crippen LogP contribution < -0.4 is 10.3 Å². The van der Waals surface area contributed by atoms with Gasteiger partial charge in [0.15, 0.2) is 11.6 Å². The maximum absolute atomic E-state index is 14.7. The first kappa shape index (κ1) is 56.8. The second-order valence-electron chi connectivity index (χ2n) is 17.9. The van der Waals surface area contributed by atoms with Gasteiger partial charge >= 0.3 is 12.3 Å². The van der Waals surface area contributed by atoms with Crippen LogP contribution >= 0.6 is 0 Å². The molecule has 2 aromatic heterocycles. The van der Waals surface area contributed by atoms with Gasteiger partial charge in [0.1, 0.15) is 35.1 Å². The molecule has 0 bridgehead atoms. The number of aromatic nitrogens is 3. The summed E-state index contributed by atoms with van der Waals surface area (Å²) in [5.74, 6) is -4.04. The molecule has 14 nitrogen and oxygen atoms in total. The number of nitrogens with zero attached hydrogens (tertiary/aromatic N) is 6. The number of nitroso groups, excluding NO2 is 1. The molecule has 0 spiro atoms. The molecule has 382 valence electrons. The molecule has 2 amide bonds. The molecule has 1 aliphatic rings. The first-order chi connectivity index (χ1) is 33.5. The molecule has 1 fully saturated rings. The Hall–Kier alpha value is -6.76. The average molecular weight is 993 g/mol. The lowest BCUT2D eigenvalue weighted by Gasteiger charge is -2.44. The van der Waals surface area contributed by atoms with Crippen molar-refractivity contribution in [3.05, 3.63) is 129 Å². The van der Waals surface area contributed by atoms with Crippen molar-refractivity contribution in [3.8, 4) is 16.9 Å². The lowest BCUT2D eigenvalue weighted by molar-refractivity contribution is -0.274. The molecule has 1 aliphatic heterocycles. The first-order valence-electron chi connectivity index (χ1n) is 23.3. The number of fused-ring (bicyclic) bond motifs is 1. The van der Waals surface area contributed by atoms with Crippen molar-refractivity contribution >= 4 is 34.6 Å². The van der Waals surface area contributed by atoms with Gasteiger partial charge in [-0.05, 0) is 106 Å². The fraction of sp³-hybridized carbons (Fsp3) is 0.442. The zero-order valence-electron chi connectivity index (χ0n) is 41.2. The molecule has 71 heavy (non-hydrogen) atoms. The summed E-state index contributed by atoms with van der Waals surface area (Å²) in [4.78, 5) is 83.7. The van der Waals surface area contributed by atoms with E-state index in [0.717, 1.165) is 17.2 Å². The number of hydrogen-bond donors (Lipinski definition) is 0. The summed E-state index contributed by atoms with van der Waals surface area (Å²) < 4.78 is 77.8. The Morgan fingerprint density at radius 1 is 0.873 bits per heavy atom. The quantitative estimate of drug-likeness (QED) is 0.0524. The number of amides is 2. The van der Waals surface area contributed by atoms with Crippen LogP contribution in [-0.2, 0) is 49.8 Å². The fourth-order valence-electron chi connectivity index (χ4n) is 7.65. The Morgan fingerprint density at radius 3 is 2.04 bits per heavy atom. The molecular weight excluding hydrogens is 932 g/mol. The van der Waals surface area contributed by atoms with Crippen LogP contribution in [0.15, 0.2) is 95.0 Å². The number of pyridine rings is 1. The van der Waals surface area contributed by atoms with Crippen molar-refractivity contribution in [3.63, 3.8) is 0 Å². The number of hydrogen-bond acceptors (Lipinski definition) is 11. The van der Waals surface area contributed by atoms with E-state index in [-0.39, 0.29) is 96.2 Å². The smallest absolute Gasteiger partial charge is 0.462 e. The van der Waals surface area contributed by atoms with Crippen LogP contribution in [0.1, 0.15) is 98.0 Å². The number of ketones is 1. The van der Waals surface area contributed by atoms with Crippen LogP contribution in [0, 0.1) is 22.5 Å². The molecule has 0 saturated carbocycles. The summed E-state index contributed by atoms with van der Waals surface area (Å²) in [5, 5.41) is 2.36. The summed E-state index contributed by atoms with van der Waals surface area (Å²) >= 11 is 0. The van der Waals surface area contributed by atoms with Crippen molar-refractivity contribution < 1.29 is 50.6 Å². The van der Waals surface area contributed by atoms with E-state index in [0.29, 0.717) is 31.5 Å². The van der Waals surface area contributed by atoms with Gasteiger partial charge in [0.05, 0.1) is 11.5 Å². The monoisotopic (exact) mass is 992 g/mol. The maximum Gasteiger partial charge on any atom is 0.573 e. The van der Waals surface area contributed by atoms with Crippen molar-refractivity contribution in [2.45, 2.75) is 131 Å². The van der Waals surface area contributed by atoms with E-state index < -0.39 is 35.0 Å². The fourth-order valence-corrected chi connectivity index (χ4v) is 7.65. The maximum atomic E-state index is 14.7. The Bertz CT molecular complexity index is 2670. The van der Waals surface area contributed by atoms with Gasteiger partial charge in [-0.3, -0.25) is 28.9 Å². The number of carbonyl (C=O) groups excluding carboxylic acids is 4. The van der Waals surface area contributed by atoms with Crippen molar-refractivity contribution in [1.29, 1.82) is 0 Å². The molecule has 1 saturated heterocycles. The Morgan fingerprint density at radius 2 is 1.48 bits per heavy atom. The highest BCUT2D eigenvalue weighted by molar-refractivity contribution is 5.85. The van der Waals surface area contributed by atoms with Crippen LogP contribution in [-0.4, -0.2) is 85.0 Å². The standard InChI is InChI=1S/C43H44F5N5O5.C6H9NO3.C3H8/c1-27(2)57-41(56)42(3,4)51-23-20-32(21-24-51)52(25-28-10-12-29(13-11-28)30-14-17-33(18-15-30)58-43(46,47)48)37(54)26-53-36(19-16-31-7-5-9-35(44)38(31)45)50-40(55)34-8-6-22-49-39(34)53;1-4(5(2)8)3-6(9)7-10;1-3-2/h5-15,17-18,22,27,32H,16,19-21,23-26H2,1-4H3;4H,3H2,1-2H3;3H2,1-2H3/t;4-;/m.1./s1. The molecule has 19 heteroatoms. The van der Waals surface area contributed by atoms with E-state index in [2.05, 4.69) is 33.7 Å². The Balaban J connectivity index is 0.000000743. The number of alkyl halides is 3. The van der Waals surface area contributed by atoms with E-state index in [9.17, 15) is 50.8 Å². The Kier molecular flexibility index (Phi) is 20.7. The van der Waals surface area contributed by atoms with E-state index >= 15 is 0 Å². The van der Waals surface area contributed by atoms with Gasteiger partial charge in [-0.2, -0.15) is 4.98 Å².